The van der Waals surface area contributed by atoms with Crippen LogP contribution in [0.15, 0.2) is 24.4 Å². The van der Waals surface area contributed by atoms with E-state index in [2.05, 4.69) is 27.1 Å². The minimum absolute atomic E-state index is 0.107. The standard InChI is InChI=1S/C18H22Cl2N6/c1-18(23-2)6-8-26(9-7-18)13-10-24-16(17(22)25-13)15(21)11-4-3-5-12(19)14(11)20/h3-5,10,21,23H,6-9H2,1-2H3,(H2,22,25). The number of anilines is 2. The molecule has 0 bridgehead atoms. The molecule has 1 aliphatic heterocycles. The van der Waals surface area contributed by atoms with E-state index in [9.17, 15) is 0 Å². The van der Waals surface area contributed by atoms with Gasteiger partial charge in [0.05, 0.1) is 22.0 Å². The molecule has 0 radical (unpaired) electrons. The van der Waals surface area contributed by atoms with E-state index in [1.165, 1.54) is 0 Å². The van der Waals surface area contributed by atoms with Crippen LogP contribution < -0.4 is 16.0 Å². The summed E-state index contributed by atoms with van der Waals surface area (Å²) in [5.74, 6) is 0.944. The van der Waals surface area contributed by atoms with Crippen molar-refractivity contribution in [1.29, 1.82) is 5.41 Å². The molecule has 0 unspecified atom stereocenters. The van der Waals surface area contributed by atoms with Crippen molar-refractivity contribution in [2.45, 2.75) is 25.3 Å². The largest absolute Gasteiger partial charge is 0.382 e. The highest BCUT2D eigenvalue weighted by molar-refractivity contribution is 6.44. The maximum absolute atomic E-state index is 8.39. The van der Waals surface area contributed by atoms with Crippen LogP contribution in [0, 0.1) is 5.41 Å². The Balaban J connectivity index is 1.82. The summed E-state index contributed by atoms with van der Waals surface area (Å²) in [6.07, 6.45) is 3.70. The second-order valence-electron chi connectivity index (χ2n) is 6.74. The van der Waals surface area contributed by atoms with E-state index in [0.29, 0.717) is 21.3 Å². The lowest BCUT2D eigenvalue weighted by molar-refractivity contribution is 0.304. The van der Waals surface area contributed by atoms with Gasteiger partial charge in [0, 0.05) is 24.2 Å². The number of halogens is 2. The molecule has 0 saturated carbocycles. The topological polar surface area (TPSA) is 90.9 Å². The van der Waals surface area contributed by atoms with Crippen LogP contribution in [-0.4, -0.2) is 41.4 Å². The minimum Gasteiger partial charge on any atom is -0.382 e. The normalized spacial score (nSPS) is 16.5. The van der Waals surface area contributed by atoms with Crippen molar-refractivity contribution < 1.29 is 0 Å². The number of aromatic nitrogens is 2. The third-order valence-corrected chi connectivity index (χ3v) is 5.86. The monoisotopic (exact) mass is 392 g/mol. The molecule has 0 aliphatic carbocycles. The Hall–Kier alpha value is -1.89. The highest BCUT2D eigenvalue weighted by atomic mass is 35.5. The van der Waals surface area contributed by atoms with Gasteiger partial charge in [0.15, 0.2) is 5.82 Å². The number of nitrogen functional groups attached to an aromatic ring is 1. The van der Waals surface area contributed by atoms with Crippen molar-refractivity contribution in [3.8, 4) is 0 Å². The first-order chi connectivity index (χ1) is 12.3. The first kappa shape index (κ1) is 18.9. The minimum atomic E-state index is 0.107. The number of piperidine rings is 1. The number of hydrogen-bond acceptors (Lipinski definition) is 6. The molecule has 8 heteroatoms. The van der Waals surface area contributed by atoms with Crippen LogP contribution in [-0.2, 0) is 0 Å². The molecule has 3 rings (SSSR count). The molecule has 0 amide bonds. The zero-order valence-corrected chi connectivity index (χ0v) is 16.3. The molecule has 1 fully saturated rings. The number of rotatable bonds is 4. The van der Waals surface area contributed by atoms with E-state index in [0.717, 1.165) is 31.7 Å². The number of nitrogens with zero attached hydrogens (tertiary/aromatic N) is 3. The maximum Gasteiger partial charge on any atom is 0.154 e. The van der Waals surface area contributed by atoms with E-state index in [-0.39, 0.29) is 17.1 Å². The third-order valence-electron chi connectivity index (χ3n) is 5.04. The van der Waals surface area contributed by atoms with Crippen molar-refractivity contribution in [3.63, 3.8) is 0 Å². The van der Waals surface area contributed by atoms with Crippen molar-refractivity contribution in [2.75, 3.05) is 30.8 Å². The number of nitrogens with two attached hydrogens (primary N) is 1. The number of benzene rings is 1. The molecular weight excluding hydrogens is 371 g/mol. The molecule has 0 atom stereocenters. The zero-order chi connectivity index (χ0) is 18.9. The number of nitrogens with one attached hydrogen (secondary N) is 2. The van der Waals surface area contributed by atoms with E-state index in [1.807, 2.05) is 7.05 Å². The molecule has 2 aromatic rings. The molecule has 2 heterocycles. The van der Waals surface area contributed by atoms with Gasteiger partial charge in [-0.15, -0.1) is 0 Å². The highest BCUT2D eigenvalue weighted by Gasteiger charge is 2.29. The fourth-order valence-electron chi connectivity index (χ4n) is 3.04. The van der Waals surface area contributed by atoms with Gasteiger partial charge in [-0.25, -0.2) is 9.97 Å². The first-order valence-electron chi connectivity index (χ1n) is 8.44. The van der Waals surface area contributed by atoms with Gasteiger partial charge in [0.2, 0.25) is 0 Å². The predicted molar refractivity (Wildman–Crippen MR) is 108 cm³/mol. The van der Waals surface area contributed by atoms with E-state index in [4.69, 9.17) is 34.3 Å². The van der Waals surface area contributed by atoms with Crippen LogP contribution in [0.1, 0.15) is 31.0 Å². The summed E-state index contributed by atoms with van der Waals surface area (Å²) in [6.45, 7) is 3.98. The van der Waals surface area contributed by atoms with Gasteiger partial charge in [-0.2, -0.15) is 0 Å². The summed E-state index contributed by atoms with van der Waals surface area (Å²) in [6, 6.07) is 5.13. The molecule has 26 heavy (non-hydrogen) atoms. The van der Waals surface area contributed by atoms with Crippen molar-refractivity contribution >= 4 is 40.5 Å². The summed E-state index contributed by atoms with van der Waals surface area (Å²) in [4.78, 5) is 11.0. The van der Waals surface area contributed by atoms with Gasteiger partial charge in [-0.05, 0) is 32.9 Å². The average Bonchev–Trinajstić information content (AvgIpc) is 2.64. The van der Waals surface area contributed by atoms with Crippen LogP contribution in [0.2, 0.25) is 10.0 Å². The lowest BCUT2D eigenvalue weighted by Gasteiger charge is -2.39. The fourth-order valence-corrected chi connectivity index (χ4v) is 3.44. The first-order valence-corrected chi connectivity index (χ1v) is 9.20. The SMILES string of the molecule is CNC1(C)CCN(c2cnc(C(=N)c3cccc(Cl)c3Cl)c(N)n2)CC1. The van der Waals surface area contributed by atoms with Crippen LogP contribution >= 0.6 is 23.2 Å². The second kappa shape index (κ2) is 7.39. The van der Waals surface area contributed by atoms with E-state index < -0.39 is 0 Å². The summed E-state index contributed by atoms with van der Waals surface area (Å²) in [5, 5.41) is 12.5. The Morgan fingerprint density at radius 1 is 1.31 bits per heavy atom. The Morgan fingerprint density at radius 2 is 2.00 bits per heavy atom. The van der Waals surface area contributed by atoms with Crippen molar-refractivity contribution in [1.82, 2.24) is 15.3 Å². The van der Waals surface area contributed by atoms with Gasteiger partial charge in [-0.1, -0.05) is 35.3 Å². The Morgan fingerprint density at radius 3 is 2.62 bits per heavy atom. The Bertz CT molecular complexity index is 830. The Kier molecular flexibility index (Phi) is 5.37. The quantitative estimate of drug-likeness (QED) is 0.693. The summed E-state index contributed by atoms with van der Waals surface area (Å²) >= 11 is 12.2. The molecule has 138 valence electrons. The molecule has 1 saturated heterocycles. The van der Waals surface area contributed by atoms with Gasteiger partial charge >= 0.3 is 0 Å². The lowest BCUT2D eigenvalue weighted by atomic mass is 9.90. The lowest BCUT2D eigenvalue weighted by Crippen LogP contribution is -2.50. The van der Waals surface area contributed by atoms with Gasteiger partial charge in [0.1, 0.15) is 11.5 Å². The Labute approximate surface area is 163 Å². The molecule has 1 aromatic heterocycles. The van der Waals surface area contributed by atoms with Gasteiger partial charge in [0.25, 0.3) is 0 Å². The van der Waals surface area contributed by atoms with Crippen LogP contribution in [0.3, 0.4) is 0 Å². The van der Waals surface area contributed by atoms with Crippen molar-refractivity contribution in [3.05, 3.63) is 45.7 Å². The van der Waals surface area contributed by atoms with Crippen LogP contribution in [0.25, 0.3) is 0 Å². The third kappa shape index (κ3) is 3.63. The van der Waals surface area contributed by atoms with E-state index >= 15 is 0 Å². The highest BCUT2D eigenvalue weighted by Crippen LogP contribution is 2.29. The molecule has 0 spiro atoms. The summed E-state index contributed by atoms with van der Waals surface area (Å²) < 4.78 is 0. The molecule has 1 aromatic carbocycles. The average molecular weight is 393 g/mol. The summed E-state index contributed by atoms with van der Waals surface area (Å²) in [5.41, 5.74) is 7.15. The predicted octanol–water partition coefficient (Wildman–Crippen LogP) is 3.36. The zero-order valence-electron chi connectivity index (χ0n) is 14.8. The van der Waals surface area contributed by atoms with Gasteiger partial charge < -0.3 is 16.0 Å². The van der Waals surface area contributed by atoms with Gasteiger partial charge in [-0.3, -0.25) is 5.41 Å². The van der Waals surface area contributed by atoms with Crippen LogP contribution in [0.5, 0.6) is 0 Å². The molecule has 1 aliphatic rings. The molecular formula is C18H22Cl2N6. The maximum atomic E-state index is 8.39. The van der Waals surface area contributed by atoms with Crippen molar-refractivity contribution in [2.24, 2.45) is 0 Å². The number of hydrogen-bond donors (Lipinski definition) is 3. The fraction of sp³-hybridized carbons (Fsp3) is 0.389. The van der Waals surface area contributed by atoms with Crippen LogP contribution in [0.4, 0.5) is 11.6 Å². The molecule has 4 N–H and O–H groups in total. The smallest absolute Gasteiger partial charge is 0.154 e. The summed E-state index contributed by atoms with van der Waals surface area (Å²) in [7, 11) is 1.99. The second-order valence-corrected chi connectivity index (χ2v) is 7.52. The van der Waals surface area contributed by atoms with E-state index in [1.54, 1.807) is 24.4 Å². The molecule has 6 nitrogen and oxygen atoms in total.